The number of rotatable bonds is 6. The van der Waals surface area contributed by atoms with Gasteiger partial charge in [0.05, 0.1) is 5.25 Å². The molecule has 1 unspecified atom stereocenters. The number of hydrogen-bond acceptors (Lipinski definition) is 3. The van der Waals surface area contributed by atoms with E-state index in [-0.39, 0.29) is 10.8 Å². The molecule has 0 aromatic carbocycles. The predicted molar refractivity (Wildman–Crippen MR) is 71.6 cm³/mol. The minimum absolute atomic E-state index is 0.210. The Balaban J connectivity index is 2.67. The molecule has 0 aromatic heterocycles. The number of sulfonamides is 1. The van der Waals surface area contributed by atoms with Crippen molar-refractivity contribution in [3.8, 4) is 0 Å². The highest BCUT2D eigenvalue weighted by Gasteiger charge is 2.42. The maximum atomic E-state index is 12.4. The normalized spacial score (nSPS) is 22.8. The minimum Gasteiger partial charge on any atom is -0.315 e. The summed E-state index contributed by atoms with van der Waals surface area (Å²) in [5.74, 6) is 0. The van der Waals surface area contributed by atoms with Gasteiger partial charge >= 0.3 is 0 Å². The molecule has 4 nitrogen and oxygen atoms in total. The molecular weight excluding hydrogens is 236 g/mol. The van der Waals surface area contributed by atoms with Crippen molar-refractivity contribution in [1.82, 2.24) is 9.62 Å². The molecule has 17 heavy (non-hydrogen) atoms. The van der Waals surface area contributed by atoms with E-state index in [2.05, 4.69) is 12.2 Å². The number of nitrogens with one attached hydrogen (secondary N) is 1. The lowest BCUT2D eigenvalue weighted by Crippen LogP contribution is -2.48. The first-order chi connectivity index (χ1) is 7.82. The molecule has 1 fully saturated rings. The van der Waals surface area contributed by atoms with Crippen molar-refractivity contribution in [3.63, 3.8) is 0 Å². The lowest BCUT2D eigenvalue weighted by Gasteiger charge is -2.33. The SMILES string of the molecule is CCCNCC(C)S(=O)(=O)N1CCCC1(C)C. The van der Waals surface area contributed by atoms with Crippen molar-refractivity contribution in [2.75, 3.05) is 19.6 Å². The molecule has 0 saturated carbocycles. The summed E-state index contributed by atoms with van der Waals surface area (Å²) in [6.45, 7) is 10.0. The summed E-state index contributed by atoms with van der Waals surface area (Å²) in [6, 6.07) is 0. The first-order valence-electron chi connectivity index (χ1n) is 6.54. The highest BCUT2D eigenvalue weighted by molar-refractivity contribution is 7.89. The van der Waals surface area contributed by atoms with Gasteiger partial charge in [0.2, 0.25) is 10.0 Å². The zero-order valence-electron chi connectivity index (χ0n) is 11.5. The van der Waals surface area contributed by atoms with Crippen molar-refractivity contribution < 1.29 is 8.42 Å². The molecule has 1 heterocycles. The Morgan fingerprint density at radius 2 is 2.06 bits per heavy atom. The van der Waals surface area contributed by atoms with Gasteiger partial charge in [-0.05, 0) is 46.6 Å². The Morgan fingerprint density at radius 1 is 1.41 bits per heavy atom. The highest BCUT2D eigenvalue weighted by Crippen LogP contribution is 2.32. The van der Waals surface area contributed by atoms with Crippen molar-refractivity contribution in [1.29, 1.82) is 0 Å². The van der Waals surface area contributed by atoms with E-state index in [0.717, 1.165) is 25.8 Å². The van der Waals surface area contributed by atoms with E-state index in [4.69, 9.17) is 0 Å². The maximum Gasteiger partial charge on any atom is 0.218 e. The van der Waals surface area contributed by atoms with Crippen LogP contribution < -0.4 is 5.32 Å². The first-order valence-corrected chi connectivity index (χ1v) is 8.05. The molecule has 0 radical (unpaired) electrons. The van der Waals surface area contributed by atoms with Gasteiger partial charge in [0.1, 0.15) is 0 Å². The van der Waals surface area contributed by atoms with Gasteiger partial charge in [-0.25, -0.2) is 8.42 Å². The van der Waals surface area contributed by atoms with Crippen LogP contribution in [0.3, 0.4) is 0 Å². The zero-order valence-corrected chi connectivity index (χ0v) is 12.3. The van der Waals surface area contributed by atoms with Gasteiger partial charge in [0.25, 0.3) is 0 Å². The van der Waals surface area contributed by atoms with Crippen LogP contribution in [0.2, 0.25) is 0 Å². The van der Waals surface area contributed by atoms with E-state index in [1.807, 2.05) is 13.8 Å². The van der Waals surface area contributed by atoms with Crippen LogP contribution in [0.25, 0.3) is 0 Å². The Kier molecular flexibility index (Phi) is 4.98. The maximum absolute atomic E-state index is 12.4. The van der Waals surface area contributed by atoms with Crippen LogP contribution in [0.15, 0.2) is 0 Å². The summed E-state index contributed by atoms with van der Waals surface area (Å²) >= 11 is 0. The largest absolute Gasteiger partial charge is 0.315 e. The molecule has 0 spiro atoms. The van der Waals surface area contributed by atoms with Crippen LogP contribution in [-0.2, 0) is 10.0 Å². The molecule has 0 bridgehead atoms. The van der Waals surface area contributed by atoms with E-state index < -0.39 is 10.0 Å². The second-order valence-electron chi connectivity index (χ2n) is 5.55. The standard InChI is InChI=1S/C12H26N2O2S/c1-5-8-13-10-11(2)17(15,16)14-9-6-7-12(14,3)4/h11,13H,5-10H2,1-4H3. The second kappa shape index (κ2) is 5.67. The van der Waals surface area contributed by atoms with Crippen LogP contribution in [-0.4, -0.2) is 43.1 Å². The quantitative estimate of drug-likeness (QED) is 0.739. The van der Waals surface area contributed by atoms with E-state index in [0.29, 0.717) is 13.1 Å². The van der Waals surface area contributed by atoms with Gasteiger partial charge in [0, 0.05) is 18.6 Å². The first kappa shape index (κ1) is 14.9. The minimum atomic E-state index is -3.16. The third-order valence-electron chi connectivity index (χ3n) is 3.50. The van der Waals surface area contributed by atoms with E-state index >= 15 is 0 Å². The molecule has 0 aliphatic carbocycles. The van der Waals surface area contributed by atoms with Crippen molar-refractivity contribution in [2.45, 2.75) is 57.7 Å². The summed E-state index contributed by atoms with van der Waals surface area (Å²) in [5.41, 5.74) is -0.210. The van der Waals surface area contributed by atoms with Crippen LogP contribution >= 0.6 is 0 Å². The molecule has 0 aromatic rings. The summed E-state index contributed by atoms with van der Waals surface area (Å²) in [6.07, 6.45) is 2.96. The third kappa shape index (κ3) is 3.42. The summed E-state index contributed by atoms with van der Waals surface area (Å²) in [4.78, 5) is 0. The fraction of sp³-hybridized carbons (Fsp3) is 1.00. The van der Waals surface area contributed by atoms with Crippen molar-refractivity contribution in [3.05, 3.63) is 0 Å². The molecule has 1 aliphatic heterocycles. The topological polar surface area (TPSA) is 49.4 Å². The molecule has 1 atom stereocenters. The van der Waals surface area contributed by atoms with Gasteiger partial charge in [0.15, 0.2) is 0 Å². The Morgan fingerprint density at radius 3 is 2.53 bits per heavy atom. The van der Waals surface area contributed by atoms with Crippen LogP contribution in [0.5, 0.6) is 0 Å². The lowest BCUT2D eigenvalue weighted by molar-refractivity contribution is 0.288. The van der Waals surface area contributed by atoms with Crippen molar-refractivity contribution >= 4 is 10.0 Å². The average molecular weight is 262 g/mol. The Hall–Kier alpha value is -0.130. The molecular formula is C12H26N2O2S. The highest BCUT2D eigenvalue weighted by atomic mass is 32.2. The molecule has 1 aliphatic rings. The molecule has 1 N–H and O–H groups in total. The molecule has 1 rings (SSSR count). The molecule has 102 valence electrons. The number of nitrogens with zero attached hydrogens (tertiary/aromatic N) is 1. The smallest absolute Gasteiger partial charge is 0.218 e. The fourth-order valence-corrected chi connectivity index (χ4v) is 4.29. The second-order valence-corrected chi connectivity index (χ2v) is 7.82. The molecule has 1 saturated heterocycles. The molecule has 5 heteroatoms. The third-order valence-corrected chi connectivity index (χ3v) is 5.97. The van der Waals surface area contributed by atoms with E-state index in [1.54, 1.807) is 11.2 Å². The van der Waals surface area contributed by atoms with Crippen LogP contribution in [0, 0.1) is 0 Å². The predicted octanol–water partition coefficient (Wildman–Crippen LogP) is 1.58. The number of hydrogen-bond donors (Lipinski definition) is 1. The Labute approximate surface area is 106 Å². The molecule has 0 amide bonds. The van der Waals surface area contributed by atoms with Crippen LogP contribution in [0.4, 0.5) is 0 Å². The monoisotopic (exact) mass is 262 g/mol. The summed E-state index contributed by atoms with van der Waals surface area (Å²) < 4.78 is 26.5. The zero-order chi connectivity index (χ0) is 13.1. The lowest BCUT2D eigenvalue weighted by atomic mass is 10.0. The average Bonchev–Trinajstić information content (AvgIpc) is 2.58. The van der Waals surface area contributed by atoms with Gasteiger partial charge in [-0.3, -0.25) is 0 Å². The van der Waals surface area contributed by atoms with Gasteiger partial charge < -0.3 is 5.32 Å². The van der Waals surface area contributed by atoms with Crippen molar-refractivity contribution in [2.24, 2.45) is 0 Å². The summed E-state index contributed by atoms with van der Waals surface area (Å²) in [5, 5.41) is 2.84. The summed E-state index contributed by atoms with van der Waals surface area (Å²) in [7, 11) is -3.16. The van der Waals surface area contributed by atoms with E-state index in [1.165, 1.54) is 0 Å². The van der Waals surface area contributed by atoms with Gasteiger partial charge in [-0.15, -0.1) is 0 Å². The van der Waals surface area contributed by atoms with Crippen LogP contribution in [0.1, 0.15) is 47.0 Å². The van der Waals surface area contributed by atoms with Gasteiger partial charge in [-0.2, -0.15) is 4.31 Å². The van der Waals surface area contributed by atoms with Gasteiger partial charge in [-0.1, -0.05) is 6.92 Å². The fourth-order valence-electron chi connectivity index (χ4n) is 2.36. The van der Waals surface area contributed by atoms with E-state index in [9.17, 15) is 8.42 Å². The Bertz CT molecular complexity index is 338.